The van der Waals surface area contributed by atoms with E-state index < -0.39 is 18.8 Å². The zero-order valence-electron chi connectivity index (χ0n) is 9.42. The van der Waals surface area contributed by atoms with Crippen molar-refractivity contribution < 1.29 is 17.9 Å². The molecule has 1 aromatic carbocycles. The molecule has 0 fully saturated rings. The number of rotatable bonds is 5. The van der Waals surface area contributed by atoms with Gasteiger partial charge in [-0.25, -0.2) is 0 Å². The van der Waals surface area contributed by atoms with E-state index in [9.17, 15) is 13.2 Å². The molecule has 1 atom stereocenters. The summed E-state index contributed by atoms with van der Waals surface area (Å²) in [4.78, 5) is 0. The zero-order chi connectivity index (χ0) is 12.9. The summed E-state index contributed by atoms with van der Waals surface area (Å²) in [6.07, 6.45) is -4.24. The fourth-order valence-corrected chi connectivity index (χ4v) is 1.41. The van der Waals surface area contributed by atoms with Crippen LogP contribution in [0.25, 0.3) is 0 Å². The Hall–Kier alpha value is -1.27. The van der Waals surface area contributed by atoms with Gasteiger partial charge in [0.2, 0.25) is 0 Å². The van der Waals surface area contributed by atoms with Crippen LogP contribution in [-0.4, -0.2) is 26.4 Å². The fraction of sp³-hybridized carbons (Fsp3) is 0.455. The molecular weight excluding hydrogens is 233 g/mol. The second kappa shape index (κ2) is 5.88. The molecule has 0 radical (unpaired) electrons. The number of benzene rings is 1. The average molecular weight is 248 g/mol. The first-order valence-electron chi connectivity index (χ1n) is 5.10. The summed E-state index contributed by atoms with van der Waals surface area (Å²) in [5.74, 6) is 0.653. The van der Waals surface area contributed by atoms with E-state index in [-0.39, 0.29) is 6.54 Å². The van der Waals surface area contributed by atoms with E-state index in [1.54, 1.807) is 24.3 Å². The third-order valence-corrected chi connectivity index (χ3v) is 2.30. The Morgan fingerprint density at radius 1 is 1.29 bits per heavy atom. The summed E-state index contributed by atoms with van der Waals surface area (Å²) in [6, 6.07) is 6.25. The highest BCUT2D eigenvalue weighted by atomic mass is 19.4. The number of methoxy groups -OCH3 is 1. The zero-order valence-corrected chi connectivity index (χ0v) is 9.42. The molecule has 6 heteroatoms. The number of ether oxygens (including phenoxy) is 1. The molecule has 0 bridgehead atoms. The van der Waals surface area contributed by atoms with Crippen molar-refractivity contribution in [2.45, 2.75) is 12.2 Å². The van der Waals surface area contributed by atoms with Gasteiger partial charge >= 0.3 is 6.18 Å². The number of nitrogens with one attached hydrogen (secondary N) is 1. The molecule has 0 aliphatic carbocycles. The quantitative estimate of drug-likeness (QED) is 0.836. The average Bonchev–Trinajstić information content (AvgIpc) is 2.29. The molecule has 0 aromatic heterocycles. The van der Waals surface area contributed by atoms with Gasteiger partial charge in [0.05, 0.1) is 13.7 Å². The molecule has 0 heterocycles. The van der Waals surface area contributed by atoms with Crippen molar-refractivity contribution in [1.29, 1.82) is 0 Å². The van der Waals surface area contributed by atoms with E-state index in [0.717, 1.165) is 0 Å². The molecule has 17 heavy (non-hydrogen) atoms. The lowest BCUT2D eigenvalue weighted by atomic mass is 10.1. The minimum atomic E-state index is -4.24. The van der Waals surface area contributed by atoms with Gasteiger partial charge in [-0.3, -0.25) is 0 Å². The second-order valence-electron chi connectivity index (χ2n) is 3.56. The Bertz CT molecular complexity index is 338. The smallest absolute Gasteiger partial charge is 0.401 e. The highest BCUT2D eigenvalue weighted by Gasteiger charge is 2.28. The van der Waals surface area contributed by atoms with Crippen LogP contribution in [0.5, 0.6) is 5.75 Å². The topological polar surface area (TPSA) is 47.3 Å². The van der Waals surface area contributed by atoms with Gasteiger partial charge in [-0.1, -0.05) is 12.1 Å². The van der Waals surface area contributed by atoms with Gasteiger partial charge in [0.1, 0.15) is 5.75 Å². The van der Waals surface area contributed by atoms with Gasteiger partial charge in [0, 0.05) is 12.6 Å². The van der Waals surface area contributed by atoms with E-state index in [4.69, 9.17) is 10.5 Å². The van der Waals surface area contributed by atoms with Gasteiger partial charge in [0.25, 0.3) is 0 Å². The number of halogens is 3. The highest BCUT2D eigenvalue weighted by molar-refractivity contribution is 5.29. The molecule has 0 spiro atoms. The number of hydrogen-bond donors (Lipinski definition) is 2. The first kappa shape index (κ1) is 13.8. The van der Waals surface area contributed by atoms with Crippen LogP contribution < -0.4 is 15.8 Å². The van der Waals surface area contributed by atoms with Gasteiger partial charge < -0.3 is 15.8 Å². The maximum Gasteiger partial charge on any atom is 0.401 e. The molecular formula is C11H15F3N2O. The summed E-state index contributed by atoms with van der Waals surface area (Å²) in [6.45, 7) is -0.955. The van der Waals surface area contributed by atoms with E-state index in [1.807, 2.05) is 0 Å². The van der Waals surface area contributed by atoms with Crippen molar-refractivity contribution in [2.24, 2.45) is 5.73 Å². The van der Waals surface area contributed by atoms with Gasteiger partial charge in [-0.15, -0.1) is 0 Å². The summed E-state index contributed by atoms with van der Waals surface area (Å²) in [5.41, 5.74) is 6.15. The summed E-state index contributed by atoms with van der Waals surface area (Å²) in [5, 5.41) is 2.37. The van der Waals surface area contributed by atoms with E-state index in [1.165, 1.54) is 7.11 Å². The molecule has 0 aliphatic heterocycles. The van der Waals surface area contributed by atoms with Crippen molar-refractivity contribution in [3.05, 3.63) is 29.8 Å². The van der Waals surface area contributed by atoms with Crippen LogP contribution >= 0.6 is 0 Å². The second-order valence-corrected chi connectivity index (χ2v) is 3.56. The lowest BCUT2D eigenvalue weighted by Gasteiger charge is -2.18. The first-order chi connectivity index (χ1) is 7.96. The van der Waals surface area contributed by atoms with Crippen LogP contribution in [0.15, 0.2) is 24.3 Å². The molecule has 3 nitrogen and oxygen atoms in total. The largest absolute Gasteiger partial charge is 0.497 e. The Labute approximate surface area is 97.8 Å². The van der Waals surface area contributed by atoms with Crippen LogP contribution in [0, 0.1) is 0 Å². The molecule has 96 valence electrons. The predicted molar refractivity (Wildman–Crippen MR) is 58.8 cm³/mol. The lowest BCUT2D eigenvalue weighted by molar-refractivity contribution is -0.126. The van der Waals surface area contributed by atoms with Crippen LogP contribution in [0.3, 0.4) is 0 Å². The van der Waals surface area contributed by atoms with Crippen molar-refractivity contribution in [1.82, 2.24) is 5.32 Å². The van der Waals surface area contributed by atoms with Crippen LogP contribution in [0.1, 0.15) is 11.6 Å². The summed E-state index contributed by atoms with van der Waals surface area (Å²) >= 11 is 0. The molecule has 1 unspecified atom stereocenters. The third-order valence-electron chi connectivity index (χ3n) is 2.30. The first-order valence-corrected chi connectivity index (χ1v) is 5.10. The van der Waals surface area contributed by atoms with E-state index in [2.05, 4.69) is 5.32 Å². The molecule has 0 saturated carbocycles. The molecule has 0 aliphatic rings. The molecule has 0 saturated heterocycles. The van der Waals surface area contributed by atoms with Crippen molar-refractivity contribution >= 4 is 0 Å². The monoisotopic (exact) mass is 248 g/mol. The normalized spacial score (nSPS) is 13.5. The predicted octanol–water partition coefficient (Wildman–Crippen LogP) is 1.85. The highest BCUT2D eigenvalue weighted by Crippen LogP contribution is 2.19. The maximum absolute atomic E-state index is 12.1. The van der Waals surface area contributed by atoms with Crippen LogP contribution in [-0.2, 0) is 0 Å². The van der Waals surface area contributed by atoms with E-state index >= 15 is 0 Å². The minimum absolute atomic E-state index is 0.0996. The Kier molecular flexibility index (Phi) is 4.77. The fourth-order valence-electron chi connectivity index (χ4n) is 1.41. The van der Waals surface area contributed by atoms with Crippen LogP contribution in [0.4, 0.5) is 13.2 Å². The third kappa shape index (κ3) is 4.62. The minimum Gasteiger partial charge on any atom is -0.497 e. The lowest BCUT2D eigenvalue weighted by Crippen LogP contribution is -2.35. The number of alkyl halides is 3. The van der Waals surface area contributed by atoms with E-state index in [0.29, 0.717) is 11.3 Å². The Morgan fingerprint density at radius 3 is 2.29 bits per heavy atom. The summed E-state index contributed by atoms with van der Waals surface area (Å²) in [7, 11) is 1.53. The molecule has 1 aromatic rings. The Balaban J connectivity index is 2.66. The number of hydrogen-bond acceptors (Lipinski definition) is 3. The SMILES string of the molecule is COc1ccc(C(CN)NCC(F)(F)F)cc1. The van der Waals surface area contributed by atoms with Gasteiger partial charge in [-0.05, 0) is 17.7 Å². The Morgan fingerprint density at radius 2 is 1.88 bits per heavy atom. The molecule has 1 rings (SSSR count). The van der Waals surface area contributed by atoms with Gasteiger partial charge in [-0.2, -0.15) is 13.2 Å². The summed E-state index contributed by atoms with van der Waals surface area (Å²) < 4.78 is 41.2. The molecule has 0 amide bonds. The maximum atomic E-state index is 12.1. The molecule has 3 N–H and O–H groups in total. The van der Waals surface area contributed by atoms with Crippen molar-refractivity contribution in [3.63, 3.8) is 0 Å². The van der Waals surface area contributed by atoms with Crippen molar-refractivity contribution in [2.75, 3.05) is 20.2 Å². The van der Waals surface area contributed by atoms with Crippen molar-refractivity contribution in [3.8, 4) is 5.75 Å². The number of nitrogens with two attached hydrogens (primary N) is 1. The van der Waals surface area contributed by atoms with Crippen LogP contribution in [0.2, 0.25) is 0 Å². The standard InChI is InChI=1S/C11H15F3N2O/c1-17-9-4-2-8(3-5-9)10(6-15)16-7-11(12,13)14/h2-5,10,16H,6-7,15H2,1H3. The van der Waals surface area contributed by atoms with Gasteiger partial charge in [0.15, 0.2) is 0 Å².